The number of hydrogen-bond donors (Lipinski definition) is 0. The molecule has 1 atom stereocenters. The van der Waals surface area contributed by atoms with Crippen LogP contribution >= 0.6 is 11.6 Å². The van der Waals surface area contributed by atoms with Crippen molar-refractivity contribution in [2.45, 2.75) is 6.42 Å². The van der Waals surface area contributed by atoms with E-state index in [0.717, 1.165) is 11.4 Å². The zero-order valence-corrected chi connectivity index (χ0v) is 11.0. The van der Waals surface area contributed by atoms with Crippen LogP contribution in [0.1, 0.15) is 6.42 Å². The van der Waals surface area contributed by atoms with E-state index in [9.17, 15) is 4.79 Å². The van der Waals surface area contributed by atoms with Crippen LogP contribution in [0, 0.1) is 5.92 Å². The van der Waals surface area contributed by atoms with Gasteiger partial charge >= 0.3 is 0 Å². The second kappa shape index (κ2) is 5.01. The van der Waals surface area contributed by atoms with Gasteiger partial charge in [0.15, 0.2) is 0 Å². The van der Waals surface area contributed by atoms with E-state index in [0.29, 0.717) is 18.8 Å². The minimum atomic E-state index is 0.122. The van der Waals surface area contributed by atoms with E-state index in [2.05, 4.69) is 10.2 Å². The van der Waals surface area contributed by atoms with Gasteiger partial charge in [0, 0.05) is 24.5 Å². The lowest BCUT2D eigenvalue weighted by molar-refractivity contribution is -0.117. The van der Waals surface area contributed by atoms with Crippen molar-refractivity contribution in [2.75, 3.05) is 17.3 Å². The maximum Gasteiger partial charge on any atom is 0.227 e. The summed E-state index contributed by atoms with van der Waals surface area (Å²) in [5, 5.41) is 8.17. The van der Waals surface area contributed by atoms with Crippen LogP contribution in [0.25, 0.3) is 5.69 Å². The molecule has 1 aromatic heterocycles. The molecular weight excluding hydrogens is 264 g/mol. The van der Waals surface area contributed by atoms with Gasteiger partial charge in [-0.1, -0.05) is 6.07 Å². The molecule has 6 heteroatoms. The lowest BCUT2D eigenvalue weighted by Crippen LogP contribution is -2.24. The third-order valence-electron chi connectivity index (χ3n) is 3.21. The van der Waals surface area contributed by atoms with Gasteiger partial charge in [-0.25, -0.2) is 0 Å². The van der Waals surface area contributed by atoms with E-state index in [-0.39, 0.29) is 11.8 Å². The smallest absolute Gasteiger partial charge is 0.227 e. The molecule has 1 aromatic carbocycles. The number of hydrogen-bond acceptors (Lipinski definition) is 3. The summed E-state index contributed by atoms with van der Waals surface area (Å²) in [4.78, 5) is 15.3. The highest BCUT2D eigenvalue weighted by Gasteiger charge is 2.30. The number of amides is 1. The topological polar surface area (TPSA) is 51.0 Å². The monoisotopic (exact) mass is 276 g/mol. The standard InChI is InChI=1S/C13H13ClN4O/c14-8-10-6-13(19)17(9-10)11-2-1-3-12(7-11)18-15-4-5-16-18/h1-5,7,10H,6,8-9H2. The van der Waals surface area contributed by atoms with Crippen molar-refractivity contribution in [3.63, 3.8) is 0 Å². The quantitative estimate of drug-likeness (QED) is 0.804. The normalized spacial score (nSPS) is 19.1. The molecule has 1 amide bonds. The van der Waals surface area contributed by atoms with E-state index in [1.807, 2.05) is 24.3 Å². The van der Waals surface area contributed by atoms with E-state index < -0.39 is 0 Å². The maximum absolute atomic E-state index is 12.0. The third-order valence-corrected chi connectivity index (χ3v) is 3.65. The van der Waals surface area contributed by atoms with Crippen molar-refractivity contribution in [3.05, 3.63) is 36.7 Å². The molecule has 0 N–H and O–H groups in total. The van der Waals surface area contributed by atoms with Crippen LogP contribution in [-0.4, -0.2) is 33.3 Å². The Labute approximate surface area is 115 Å². The molecule has 2 heterocycles. The average molecular weight is 277 g/mol. The van der Waals surface area contributed by atoms with Crippen molar-refractivity contribution < 1.29 is 4.79 Å². The summed E-state index contributed by atoms with van der Waals surface area (Å²) >= 11 is 5.84. The van der Waals surface area contributed by atoms with Gasteiger partial charge in [-0.2, -0.15) is 15.0 Å². The van der Waals surface area contributed by atoms with Crippen LogP contribution in [0.4, 0.5) is 5.69 Å². The summed E-state index contributed by atoms with van der Waals surface area (Å²) < 4.78 is 0. The van der Waals surface area contributed by atoms with Crippen molar-refractivity contribution in [1.82, 2.24) is 15.0 Å². The molecule has 0 aliphatic carbocycles. The van der Waals surface area contributed by atoms with Gasteiger partial charge in [0.25, 0.3) is 0 Å². The van der Waals surface area contributed by atoms with Crippen LogP contribution in [0.2, 0.25) is 0 Å². The van der Waals surface area contributed by atoms with Crippen LogP contribution in [0.3, 0.4) is 0 Å². The molecule has 98 valence electrons. The summed E-state index contributed by atoms with van der Waals surface area (Å²) in [5.74, 6) is 0.875. The maximum atomic E-state index is 12.0. The highest BCUT2D eigenvalue weighted by atomic mass is 35.5. The number of nitrogens with zero attached hydrogens (tertiary/aromatic N) is 4. The first-order chi connectivity index (χ1) is 9.28. The first-order valence-corrected chi connectivity index (χ1v) is 6.64. The first-order valence-electron chi connectivity index (χ1n) is 6.11. The molecule has 5 nitrogen and oxygen atoms in total. The van der Waals surface area contributed by atoms with E-state index >= 15 is 0 Å². The Balaban J connectivity index is 1.90. The Morgan fingerprint density at radius 1 is 1.26 bits per heavy atom. The Bertz CT molecular complexity index is 584. The molecule has 1 aliphatic heterocycles. The molecule has 0 saturated carbocycles. The van der Waals surface area contributed by atoms with Gasteiger partial charge in [-0.15, -0.1) is 11.6 Å². The van der Waals surface area contributed by atoms with Gasteiger partial charge in [-0.05, 0) is 24.1 Å². The van der Waals surface area contributed by atoms with Gasteiger partial charge in [0.1, 0.15) is 0 Å². The van der Waals surface area contributed by atoms with Gasteiger partial charge < -0.3 is 4.90 Å². The number of benzene rings is 1. The van der Waals surface area contributed by atoms with Crippen LogP contribution in [0.15, 0.2) is 36.7 Å². The zero-order valence-electron chi connectivity index (χ0n) is 10.2. The molecular formula is C13H13ClN4O. The summed E-state index contributed by atoms with van der Waals surface area (Å²) in [6.07, 6.45) is 3.77. The van der Waals surface area contributed by atoms with Gasteiger partial charge in [0.2, 0.25) is 5.91 Å². The number of carbonyl (C=O) groups is 1. The Morgan fingerprint density at radius 2 is 2.00 bits per heavy atom. The molecule has 1 aliphatic rings. The first kappa shape index (κ1) is 12.2. The molecule has 0 radical (unpaired) electrons. The molecule has 1 fully saturated rings. The van der Waals surface area contributed by atoms with E-state index in [1.54, 1.807) is 17.3 Å². The fourth-order valence-corrected chi connectivity index (χ4v) is 2.48. The predicted octanol–water partition coefficient (Wildman–Crippen LogP) is 1.86. The zero-order chi connectivity index (χ0) is 13.2. The number of carbonyl (C=O) groups excluding carboxylic acids is 1. The van der Waals surface area contributed by atoms with Crippen molar-refractivity contribution in [2.24, 2.45) is 5.92 Å². The Morgan fingerprint density at radius 3 is 2.68 bits per heavy atom. The summed E-state index contributed by atoms with van der Waals surface area (Å²) in [5.41, 5.74) is 1.71. The van der Waals surface area contributed by atoms with E-state index in [4.69, 9.17) is 11.6 Å². The molecule has 1 saturated heterocycles. The molecule has 0 bridgehead atoms. The van der Waals surface area contributed by atoms with Crippen molar-refractivity contribution >= 4 is 23.2 Å². The lowest BCUT2D eigenvalue weighted by Gasteiger charge is -2.17. The average Bonchev–Trinajstić information content (AvgIpc) is 3.08. The van der Waals surface area contributed by atoms with Crippen molar-refractivity contribution in [3.8, 4) is 5.69 Å². The second-order valence-electron chi connectivity index (χ2n) is 4.57. The summed E-state index contributed by atoms with van der Waals surface area (Å²) in [7, 11) is 0. The fourth-order valence-electron chi connectivity index (χ4n) is 2.27. The number of rotatable bonds is 3. The van der Waals surface area contributed by atoms with E-state index in [1.165, 1.54) is 4.80 Å². The lowest BCUT2D eigenvalue weighted by atomic mass is 10.1. The molecule has 3 rings (SSSR count). The predicted molar refractivity (Wildman–Crippen MR) is 72.5 cm³/mol. The largest absolute Gasteiger partial charge is 0.312 e. The second-order valence-corrected chi connectivity index (χ2v) is 4.88. The molecule has 2 aromatic rings. The number of anilines is 1. The van der Waals surface area contributed by atoms with Crippen LogP contribution < -0.4 is 4.90 Å². The number of halogens is 1. The summed E-state index contributed by atoms with van der Waals surface area (Å²) in [6.45, 7) is 0.679. The minimum Gasteiger partial charge on any atom is -0.312 e. The highest BCUT2D eigenvalue weighted by Crippen LogP contribution is 2.26. The minimum absolute atomic E-state index is 0.122. The highest BCUT2D eigenvalue weighted by molar-refractivity contribution is 6.18. The molecule has 0 spiro atoms. The number of aromatic nitrogens is 3. The van der Waals surface area contributed by atoms with Crippen LogP contribution in [-0.2, 0) is 4.79 Å². The fraction of sp³-hybridized carbons (Fsp3) is 0.308. The Hall–Kier alpha value is -1.88. The van der Waals surface area contributed by atoms with Crippen molar-refractivity contribution in [1.29, 1.82) is 0 Å². The third kappa shape index (κ3) is 2.33. The molecule has 1 unspecified atom stereocenters. The van der Waals surface area contributed by atoms with Crippen LogP contribution in [0.5, 0.6) is 0 Å². The molecule has 19 heavy (non-hydrogen) atoms. The van der Waals surface area contributed by atoms with Gasteiger partial charge in [-0.3, -0.25) is 4.79 Å². The Kier molecular flexibility index (Phi) is 3.21. The van der Waals surface area contributed by atoms with Gasteiger partial charge in [0.05, 0.1) is 18.1 Å². The SMILES string of the molecule is O=C1CC(CCl)CN1c1cccc(-n2nccn2)c1. The summed E-state index contributed by atoms with van der Waals surface area (Å²) in [6, 6.07) is 7.63. The number of alkyl halides is 1.